The minimum absolute atomic E-state index is 0.916. The van der Waals surface area contributed by atoms with Crippen LogP contribution in [0.25, 0.3) is 21.6 Å². The minimum Gasteiger partial charge on any atom is -0.340 e. The van der Waals surface area contributed by atoms with E-state index < -0.39 is 0 Å². The van der Waals surface area contributed by atoms with Gasteiger partial charge in [0.15, 0.2) is 0 Å². The van der Waals surface area contributed by atoms with Gasteiger partial charge in [0.25, 0.3) is 0 Å². The molecule has 0 saturated heterocycles. The summed E-state index contributed by atoms with van der Waals surface area (Å²) in [7, 11) is 0. The standard InChI is InChI=1S/C22H19N5S/c1-2-21-15(9-14(1)20-13-25-22-19(26-20)5-8-28-22)4-7-27(21)17-10-16-11-23-6-3-18(16)24-12-17/h1-2,5,8-10,12-13,23H,3-4,6-7,11H2. The molecular weight excluding hydrogens is 366 g/mol. The van der Waals surface area contributed by atoms with Crippen molar-refractivity contribution in [3.63, 3.8) is 0 Å². The fourth-order valence-electron chi connectivity index (χ4n) is 4.20. The Bertz CT molecular complexity index is 1200. The summed E-state index contributed by atoms with van der Waals surface area (Å²) in [4.78, 5) is 17.4. The number of thiophene rings is 1. The van der Waals surface area contributed by atoms with E-state index in [-0.39, 0.29) is 0 Å². The van der Waals surface area contributed by atoms with E-state index in [2.05, 4.69) is 39.5 Å². The van der Waals surface area contributed by atoms with Crippen molar-refractivity contribution in [3.05, 3.63) is 64.9 Å². The van der Waals surface area contributed by atoms with Crippen LogP contribution in [0, 0.1) is 0 Å². The van der Waals surface area contributed by atoms with Gasteiger partial charge < -0.3 is 10.2 Å². The highest BCUT2D eigenvalue weighted by Crippen LogP contribution is 2.37. The van der Waals surface area contributed by atoms with Crippen LogP contribution in [0.2, 0.25) is 0 Å². The summed E-state index contributed by atoms with van der Waals surface area (Å²) in [5, 5.41) is 5.48. The van der Waals surface area contributed by atoms with Crippen LogP contribution >= 0.6 is 11.3 Å². The van der Waals surface area contributed by atoms with Gasteiger partial charge in [-0.2, -0.15) is 0 Å². The Balaban J connectivity index is 1.35. The van der Waals surface area contributed by atoms with Gasteiger partial charge in [0.1, 0.15) is 10.3 Å². The van der Waals surface area contributed by atoms with Crippen LogP contribution in [0.1, 0.15) is 16.8 Å². The summed E-state index contributed by atoms with van der Waals surface area (Å²) < 4.78 is 0. The number of hydrogen-bond donors (Lipinski definition) is 1. The molecule has 2 aliphatic heterocycles. The lowest BCUT2D eigenvalue weighted by Gasteiger charge is -2.23. The highest BCUT2D eigenvalue weighted by Gasteiger charge is 2.23. The first kappa shape index (κ1) is 16.2. The van der Waals surface area contributed by atoms with Crippen LogP contribution in [-0.4, -0.2) is 28.0 Å². The summed E-state index contributed by atoms with van der Waals surface area (Å²) in [6.45, 7) is 2.93. The summed E-state index contributed by atoms with van der Waals surface area (Å²) in [6, 6.07) is 11.0. The Kier molecular flexibility index (Phi) is 3.67. The highest BCUT2D eigenvalue weighted by atomic mass is 32.1. The van der Waals surface area contributed by atoms with Crippen molar-refractivity contribution in [1.29, 1.82) is 0 Å². The van der Waals surface area contributed by atoms with Gasteiger partial charge in [-0.05, 0) is 47.2 Å². The molecule has 0 radical (unpaired) electrons. The molecule has 0 aliphatic carbocycles. The number of hydrogen-bond acceptors (Lipinski definition) is 6. The van der Waals surface area contributed by atoms with Crippen LogP contribution in [0.3, 0.4) is 0 Å². The zero-order chi connectivity index (χ0) is 18.5. The van der Waals surface area contributed by atoms with Crippen molar-refractivity contribution < 1.29 is 0 Å². The molecule has 6 heteroatoms. The van der Waals surface area contributed by atoms with Crippen molar-refractivity contribution >= 4 is 33.1 Å². The molecule has 4 aromatic rings. The Morgan fingerprint density at radius 1 is 1.00 bits per heavy atom. The molecule has 5 heterocycles. The van der Waals surface area contributed by atoms with E-state index in [9.17, 15) is 0 Å². The number of aromatic nitrogens is 3. The number of rotatable bonds is 2. The zero-order valence-corrected chi connectivity index (χ0v) is 16.2. The van der Waals surface area contributed by atoms with E-state index >= 15 is 0 Å². The predicted octanol–water partition coefficient (Wildman–Crippen LogP) is 4.09. The Morgan fingerprint density at radius 2 is 2.00 bits per heavy atom. The number of pyridine rings is 1. The lowest BCUT2D eigenvalue weighted by Crippen LogP contribution is -2.25. The van der Waals surface area contributed by atoms with Gasteiger partial charge in [0, 0.05) is 43.0 Å². The molecule has 6 rings (SSSR count). The smallest absolute Gasteiger partial charge is 0.141 e. The monoisotopic (exact) mass is 385 g/mol. The van der Waals surface area contributed by atoms with Gasteiger partial charge in [-0.25, -0.2) is 9.97 Å². The SMILES string of the molecule is c1cc2nc(-c3ccc4c(c3)CCN4c3cnc4c(c3)CNCC4)cnc2s1. The average molecular weight is 385 g/mol. The Hall–Kier alpha value is -2.83. The molecule has 3 aromatic heterocycles. The van der Waals surface area contributed by atoms with Crippen molar-refractivity contribution in [2.24, 2.45) is 0 Å². The van der Waals surface area contributed by atoms with Gasteiger partial charge in [-0.15, -0.1) is 11.3 Å². The van der Waals surface area contributed by atoms with Crippen molar-refractivity contribution in [1.82, 2.24) is 20.3 Å². The summed E-state index contributed by atoms with van der Waals surface area (Å²) in [5.41, 5.74) is 9.43. The molecule has 0 bridgehead atoms. The quantitative estimate of drug-likeness (QED) is 0.563. The molecule has 0 atom stereocenters. The second-order valence-electron chi connectivity index (χ2n) is 7.34. The third-order valence-electron chi connectivity index (χ3n) is 5.65. The van der Waals surface area contributed by atoms with E-state index in [1.54, 1.807) is 11.3 Å². The molecule has 1 aromatic carbocycles. The Morgan fingerprint density at radius 3 is 3.00 bits per heavy atom. The van der Waals surface area contributed by atoms with Crippen molar-refractivity contribution in [2.45, 2.75) is 19.4 Å². The molecule has 0 amide bonds. The third kappa shape index (κ3) is 2.60. The lowest BCUT2D eigenvalue weighted by molar-refractivity contribution is 0.630. The lowest BCUT2D eigenvalue weighted by atomic mass is 10.1. The van der Waals surface area contributed by atoms with Crippen molar-refractivity contribution in [3.8, 4) is 11.3 Å². The van der Waals surface area contributed by atoms with Gasteiger partial charge in [0.05, 0.1) is 23.8 Å². The zero-order valence-electron chi connectivity index (χ0n) is 15.4. The van der Waals surface area contributed by atoms with Gasteiger partial charge in [0.2, 0.25) is 0 Å². The highest BCUT2D eigenvalue weighted by molar-refractivity contribution is 7.16. The maximum absolute atomic E-state index is 4.77. The van der Waals surface area contributed by atoms with Crippen LogP contribution in [-0.2, 0) is 19.4 Å². The van der Waals surface area contributed by atoms with Crippen LogP contribution in [0.15, 0.2) is 48.1 Å². The fraction of sp³-hybridized carbons (Fsp3) is 0.227. The molecule has 0 spiro atoms. The average Bonchev–Trinajstić information content (AvgIpc) is 3.39. The maximum Gasteiger partial charge on any atom is 0.141 e. The topological polar surface area (TPSA) is 53.9 Å². The molecule has 2 aliphatic rings. The van der Waals surface area contributed by atoms with E-state index in [4.69, 9.17) is 9.97 Å². The maximum atomic E-state index is 4.77. The number of nitrogens with one attached hydrogen (secondary N) is 1. The molecule has 138 valence electrons. The molecular formula is C22H19N5S. The molecule has 0 fully saturated rings. The second-order valence-corrected chi connectivity index (χ2v) is 8.23. The normalized spacial score (nSPS) is 15.6. The Labute approximate surface area is 167 Å². The van der Waals surface area contributed by atoms with E-state index in [0.29, 0.717) is 0 Å². The first-order valence-corrected chi connectivity index (χ1v) is 10.5. The summed E-state index contributed by atoms with van der Waals surface area (Å²) in [5.74, 6) is 0. The molecule has 0 saturated carbocycles. The number of nitrogens with zero attached hydrogens (tertiary/aromatic N) is 4. The van der Waals surface area contributed by atoms with Gasteiger partial charge >= 0.3 is 0 Å². The summed E-state index contributed by atoms with van der Waals surface area (Å²) in [6.07, 6.45) is 5.97. The first-order chi connectivity index (χ1) is 13.8. The third-order valence-corrected chi connectivity index (χ3v) is 6.46. The second kappa shape index (κ2) is 6.36. The first-order valence-electron chi connectivity index (χ1n) is 9.65. The molecule has 28 heavy (non-hydrogen) atoms. The molecule has 1 N–H and O–H groups in total. The van der Waals surface area contributed by atoms with E-state index in [1.165, 1.54) is 28.2 Å². The summed E-state index contributed by atoms with van der Waals surface area (Å²) >= 11 is 1.63. The largest absolute Gasteiger partial charge is 0.340 e. The van der Waals surface area contributed by atoms with Crippen LogP contribution in [0.5, 0.6) is 0 Å². The van der Waals surface area contributed by atoms with Crippen LogP contribution < -0.4 is 10.2 Å². The van der Waals surface area contributed by atoms with Crippen molar-refractivity contribution in [2.75, 3.05) is 18.0 Å². The number of fused-ring (bicyclic) bond motifs is 3. The van der Waals surface area contributed by atoms with Gasteiger partial charge in [-0.3, -0.25) is 4.98 Å². The number of benzene rings is 1. The predicted molar refractivity (Wildman–Crippen MR) is 113 cm³/mol. The van der Waals surface area contributed by atoms with Gasteiger partial charge in [-0.1, -0.05) is 6.07 Å². The van der Waals surface area contributed by atoms with Crippen LogP contribution in [0.4, 0.5) is 11.4 Å². The van der Waals surface area contributed by atoms with E-state index in [1.807, 2.05) is 23.8 Å². The molecule has 0 unspecified atom stereocenters. The molecule has 5 nitrogen and oxygen atoms in total. The number of anilines is 2. The van der Waals surface area contributed by atoms with E-state index in [0.717, 1.165) is 54.1 Å². The fourth-order valence-corrected chi connectivity index (χ4v) is 4.88. The minimum atomic E-state index is 0.916.